The minimum atomic E-state index is -0.750. The van der Waals surface area contributed by atoms with Crippen molar-refractivity contribution in [2.24, 2.45) is 0 Å². The van der Waals surface area contributed by atoms with Gasteiger partial charge in [0.15, 0.2) is 4.30 Å². The average molecular weight is 378 g/mol. The van der Waals surface area contributed by atoms with E-state index in [0.717, 1.165) is 7.11 Å². The third kappa shape index (κ3) is 61.6. The Morgan fingerprint density at radius 1 is 1.23 bits per heavy atom. The van der Waals surface area contributed by atoms with Crippen molar-refractivity contribution < 1.29 is 24.5 Å². The summed E-state index contributed by atoms with van der Waals surface area (Å²) in [5, 5.41) is 13.9. The van der Waals surface area contributed by atoms with Gasteiger partial charge in [-0.05, 0) is 13.8 Å². The van der Waals surface area contributed by atoms with Gasteiger partial charge in [0.25, 0.3) is 6.47 Å². The second kappa shape index (κ2) is 28.2. The maximum absolute atomic E-state index is 9.82. The Hall–Kier alpha value is -1.01. The van der Waals surface area contributed by atoms with E-state index >= 15 is 0 Å². The second-order valence-corrected chi connectivity index (χ2v) is 4.91. The van der Waals surface area contributed by atoms with Gasteiger partial charge in [-0.15, -0.1) is 0 Å². The maximum Gasteiger partial charge on any atom is 0.302 e. The van der Waals surface area contributed by atoms with Crippen LogP contribution in [0.1, 0.15) is 19.4 Å². The third-order valence-corrected chi connectivity index (χ3v) is 1.29. The lowest BCUT2D eigenvalue weighted by atomic mass is 10.2. The van der Waals surface area contributed by atoms with Crippen molar-refractivity contribution in [3.8, 4) is 0 Å². The van der Waals surface area contributed by atoms with E-state index in [2.05, 4.69) is 23.8 Å². The fourth-order valence-corrected chi connectivity index (χ4v) is 0.738. The highest BCUT2D eigenvalue weighted by molar-refractivity contribution is 6.63. The Kier molecular flexibility index (Phi) is 37.2. The average Bonchev–Trinajstić information content (AvgIpc) is 2.42. The molecule has 0 aliphatic rings. The quantitative estimate of drug-likeness (QED) is 0.441. The predicted octanol–water partition coefficient (Wildman–Crippen LogP) is 3.86. The highest BCUT2D eigenvalue weighted by atomic mass is 35.6. The van der Waals surface area contributed by atoms with Crippen LogP contribution in [-0.4, -0.2) is 40.7 Å². The number of esters is 1. The number of hydrogen-bond donors (Lipinski definition) is 2. The van der Waals surface area contributed by atoms with Crippen LogP contribution in [0.25, 0.3) is 0 Å². The summed E-state index contributed by atoms with van der Waals surface area (Å²) in [6, 6.07) is 10.3. The smallest absolute Gasteiger partial charge is 0.302 e. The van der Waals surface area contributed by atoms with E-state index < -0.39 is 4.30 Å². The number of ether oxygens (including phenoxy) is 1. The lowest BCUT2D eigenvalue weighted by Crippen LogP contribution is -1.95. The van der Waals surface area contributed by atoms with Crippen LogP contribution in [0.4, 0.5) is 0 Å². The molecule has 0 saturated heterocycles. The molecule has 0 saturated carbocycles. The van der Waals surface area contributed by atoms with Crippen LogP contribution in [0.5, 0.6) is 0 Å². The Morgan fingerprint density at radius 3 is 1.64 bits per heavy atom. The molecule has 0 radical (unpaired) electrons. The second-order valence-electron chi connectivity index (χ2n) is 2.93. The molecule has 0 spiro atoms. The normalized spacial score (nSPS) is 7.32. The molecule has 0 aliphatic carbocycles. The zero-order chi connectivity index (χ0) is 18.4. The van der Waals surface area contributed by atoms with Crippen molar-refractivity contribution in [1.29, 1.82) is 0 Å². The first-order chi connectivity index (χ1) is 10.3. The molecule has 0 atom stereocenters. The molecule has 0 bridgehead atoms. The number of aliphatic hydroxyl groups is 1. The van der Waals surface area contributed by atoms with E-state index in [1.165, 1.54) is 12.5 Å². The zero-order valence-corrected chi connectivity index (χ0v) is 15.3. The van der Waals surface area contributed by atoms with Crippen LogP contribution < -0.4 is 0 Å². The van der Waals surface area contributed by atoms with Gasteiger partial charge in [-0.25, -0.2) is 0 Å². The Bertz CT molecular complexity index is 319. The SMILES string of the molecule is CCOC(C)=O.CO.Cc1ccccc1.ClC(Cl)Cl.O=CO. The van der Waals surface area contributed by atoms with Gasteiger partial charge >= 0.3 is 5.97 Å². The number of benzene rings is 1. The number of carbonyl (C=O) groups is 2. The van der Waals surface area contributed by atoms with Crippen molar-refractivity contribution in [2.45, 2.75) is 25.1 Å². The summed E-state index contributed by atoms with van der Waals surface area (Å²) in [6.45, 7) is 5.49. The van der Waals surface area contributed by atoms with E-state index in [-0.39, 0.29) is 12.4 Å². The van der Waals surface area contributed by atoms with E-state index in [4.69, 9.17) is 49.8 Å². The first-order valence-electron chi connectivity index (χ1n) is 5.91. The molecule has 0 fully saturated rings. The fraction of sp³-hybridized carbons (Fsp3) is 0.429. The van der Waals surface area contributed by atoms with Gasteiger partial charge < -0.3 is 14.9 Å². The van der Waals surface area contributed by atoms with Crippen molar-refractivity contribution in [3.63, 3.8) is 0 Å². The molecule has 1 aromatic carbocycles. The number of aliphatic hydroxyl groups excluding tert-OH is 1. The highest BCUT2D eigenvalue weighted by Gasteiger charge is 1.81. The van der Waals surface area contributed by atoms with E-state index in [0.29, 0.717) is 6.61 Å². The third-order valence-electron chi connectivity index (χ3n) is 1.29. The molecular weight excluding hydrogens is 355 g/mol. The number of carboxylic acid groups (broad SMARTS) is 1. The Morgan fingerprint density at radius 2 is 1.55 bits per heavy atom. The van der Waals surface area contributed by atoms with Crippen molar-refractivity contribution in [1.82, 2.24) is 0 Å². The molecular formula is C14H23Cl3O5. The van der Waals surface area contributed by atoms with E-state index in [1.807, 2.05) is 18.2 Å². The molecule has 0 amide bonds. The van der Waals surface area contributed by atoms with Gasteiger partial charge in [0.1, 0.15) is 0 Å². The predicted molar refractivity (Wildman–Crippen MR) is 91.7 cm³/mol. The van der Waals surface area contributed by atoms with Crippen LogP contribution >= 0.6 is 34.8 Å². The van der Waals surface area contributed by atoms with Crippen molar-refractivity contribution in [3.05, 3.63) is 35.9 Å². The Balaban J connectivity index is -0.0000000991. The first-order valence-corrected chi connectivity index (χ1v) is 7.22. The topological polar surface area (TPSA) is 83.8 Å². The van der Waals surface area contributed by atoms with Gasteiger partial charge in [0.05, 0.1) is 6.61 Å². The summed E-state index contributed by atoms with van der Waals surface area (Å²) in [6.07, 6.45) is 0. The monoisotopic (exact) mass is 376 g/mol. The molecule has 22 heavy (non-hydrogen) atoms. The molecule has 1 aromatic rings. The number of hydrogen-bond acceptors (Lipinski definition) is 4. The van der Waals surface area contributed by atoms with Gasteiger partial charge in [-0.2, -0.15) is 0 Å². The molecule has 2 N–H and O–H groups in total. The zero-order valence-electron chi connectivity index (χ0n) is 13.0. The van der Waals surface area contributed by atoms with Gasteiger partial charge in [-0.1, -0.05) is 70.7 Å². The van der Waals surface area contributed by atoms with Gasteiger partial charge in [0, 0.05) is 14.0 Å². The summed E-state index contributed by atoms with van der Waals surface area (Å²) in [5.41, 5.74) is 1.32. The van der Waals surface area contributed by atoms with Gasteiger partial charge in [-0.3, -0.25) is 9.59 Å². The molecule has 1 rings (SSSR count). The summed E-state index contributed by atoms with van der Waals surface area (Å²) in [7, 11) is 1.00. The van der Waals surface area contributed by atoms with E-state index in [9.17, 15) is 4.79 Å². The van der Waals surface area contributed by atoms with Crippen LogP contribution in [0.2, 0.25) is 0 Å². The standard InChI is InChI=1S/C7H8.C4H8O2.CHCl3.CH2O2.CH4O/c1-7-5-3-2-4-6-7;1-3-6-4(2)5;2-1(3)4;2-1-3;1-2/h2-6H,1H3;3H2,1-2H3;1H;1H,(H,2,3);2H,1H3. The van der Waals surface area contributed by atoms with E-state index in [1.54, 1.807) is 6.92 Å². The van der Waals surface area contributed by atoms with Crippen molar-refractivity contribution in [2.75, 3.05) is 13.7 Å². The van der Waals surface area contributed by atoms with Crippen LogP contribution in [0, 0.1) is 6.92 Å². The molecule has 5 nitrogen and oxygen atoms in total. The lowest BCUT2D eigenvalue weighted by molar-refractivity contribution is -0.140. The Labute approximate surface area is 146 Å². The highest BCUT2D eigenvalue weighted by Crippen LogP contribution is 2.03. The van der Waals surface area contributed by atoms with Crippen LogP contribution in [0.3, 0.4) is 0 Å². The molecule has 130 valence electrons. The number of carbonyl (C=O) groups excluding carboxylic acids is 1. The number of halogens is 3. The number of alkyl halides is 3. The summed E-state index contributed by atoms with van der Waals surface area (Å²) in [5.74, 6) is -0.211. The largest absolute Gasteiger partial charge is 0.483 e. The van der Waals surface area contributed by atoms with Gasteiger partial charge in [0.2, 0.25) is 0 Å². The summed E-state index contributed by atoms with van der Waals surface area (Å²) in [4.78, 5) is 18.2. The van der Waals surface area contributed by atoms with Crippen molar-refractivity contribution >= 4 is 47.2 Å². The number of aryl methyl sites for hydroxylation is 1. The fourth-order valence-electron chi connectivity index (χ4n) is 0.738. The molecule has 0 unspecified atom stereocenters. The lowest BCUT2D eigenvalue weighted by Gasteiger charge is -1.89. The molecule has 8 heteroatoms. The molecule has 0 aromatic heterocycles. The maximum atomic E-state index is 9.82. The molecule has 0 aliphatic heterocycles. The minimum Gasteiger partial charge on any atom is -0.483 e. The summed E-state index contributed by atoms with van der Waals surface area (Å²) >= 11 is 14.4. The minimum absolute atomic E-state index is 0.211. The molecule has 0 heterocycles. The van der Waals surface area contributed by atoms with Crippen LogP contribution in [-0.2, 0) is 14.3 Å². The van der Waals surface area contributed by atoms with Crippen LogP contribution in [0.15, 0.2) is 30.3 Å². The summed E-state index contributed by atoms with van der Waals surface area (Å²) < 4.78 is 3.65. The first kappa shape index (κ1) is 29.1. The number of rotatable bonds is 1.